The number of likely N-dealkylation sites (N-methyl/N-ethyl adjacent to an activating group) is 1. The van der Waals surface area contributed by atoms with Gasteiger partial charge in [-0.15, -0.1) is 0 Å². The van der Waals surface area contributed by atoms with Gasteiger partial charge in [0.25, 0.3) is 0 Å². The molecule has 0 aromatic heterocycles. The van der Waals surface area contributed by atoms with Crippen LogP contribution in [0.5, 0.6) is 5.75 Å². The second kappa shape index (κ2) is 7.87. The van der Waals surface area contributed by atoms with E-state index in [1.165, 1.54) is 25.7 Å². The zero-order chi connectivity index (χ0) is 14.4. The number of hydrogen-bond acceptors (Lipinski definition) is 3. The van der Waals surface area contributed by atoms with Crippen molar-refractivity contribution in [3.63, 3.8) is 0 Å². The Kier molecular flexibility index (Phi) is 6.14. The predicted molar refractivity (Wildman–Crippen MR) is 84.6 cm³/mol. The molecule has 0 aliphatic heterocycles. The van der Waals surface area contributed by atoms with E-state index >= 15 is 0 Å². The summed E-state index contributed by atoms with van der Waals surface area (Å²) in [5.74, 6) is 0.856. The van der Waals surface area contributed by atoms with Crippen molar-refractivity contribution >= 4 is 11.6 Å². The van der Waals surface area contributed by atoms with Gasteiger partial charge in [0.05, 0.1) is 7.11 Å². The third-order valence-corrected chi connectivity index (χ3v) is 4.54. The lowest BCUT2D eigenvalue weighted by molar-refractivity contribution is 0.245. The molecule has 1 aliphatic rings. The zero-order valence-corrected chi connectivity index (χ0v) is 13.2. The molecule has 0 bridgehead atoms. The molecule has 1 aromatic rings. The molecule has 4 heteroatoms. The highest BCUT2D eigenvalue weighted by atomic mass is 35.5. The number of nitrogens with zero attached hydrogens (tertiary/aromatic N) is 1. The van der Waals surface area contributed by atoms with Crippen LogP contribution in [0.4, 0.5) is 0 Å². The molecule has 112 valence electrons. The summed E-state index contributed by atoms with van der Waals surface area (Å²) in [6.45, 7) is 2.81. The number of nitrogens with one attached hydrogen (secondary N) is 1. The molecule has 1 N–H and O–H groups in total. The van der Waals surface area contributed by atoms with Crippen molar-refractivity contribution in [2.45, 2.75) is 38.3 Å². The molecule has 1 aliphatic carbocycles. The molecule has 3 nitrogen and oxygen atoms in total. The normalized spacial score (nSPS) is 16.0. The van der Waals surface area contributed by atoms with E-state index in [-0.39, 0.29) is 0 Å². The molecule has 0 atom stereocenters. The molecule has 0 amide bonds. The van der Waals surface area contributed by atoms with Crippen LogP contribution in [0.15, 0.2) is 18.2 Å². The van der Waals surface area contributed by atoms with Crippen molar-refractivity contribution in [2.75, 3.05) is 27.2 Å². The van der Waals surface area contributed by atoms with Crippen LogP contribution in [-0.2, 0) is 6.54 Å². The Morgan fingerprint density at radius 3 is 2.80 bits per heavy atom. The highest BCUT2D eigenvalue weighted by Crippen LogP contribution is 2.26. The summed E-state index contributed by atoms with van der Waals surface area (Å²) in [4.78, 5) is 2.48. The molecule has 1 aromatic carbocycles. The van der Waals surface area contributed by atoms with Crippen molar-refractivity contribution in [2.24, 2.45) is 0 Å². The first kappa shape index (κ1) is 15.6. The monoisotopic (exact) mass is 296 g/mol. The molecule has 1 fully saturated rings. The Morgan fingerprint density at radius 2 is 2.10 bits per heavy atom. The van der Waals surface area contributed by atoms with Gasteiger partial charge in [-0.25, -0.2) is 0 Å². The fourth-order valence-electron chi connectivity index (χ4n) is 2.90. The van der Waals surface area contributed by atoms with E-state index < -0.39 is 0 Å². The topological polar surface area (TPSA) is 24.5 Å². The van der Waals surface area contributed by atoms with Gasteiger partial charge in [-0.1, -0.05) is 30.5 Å². The number of benzene rings is 1. The van der Waals surface area contributed by atoms with Crippen LogP contribution >= 0.6 is 11.6 Å². The first-order valence-corrected chi connectivity index (χ1v) is 7.82. The van der Waals surface area contributed by atoms with E-state index in [4.69, 9.17) is 16.3 Å². The summed E-state index contributed by atoms with van der Waals surface area (Å²) in [6.07, 6.45) is 5.49. The van der Waals surface area contributed by atoms with Crippen molar-refractivity contribution in [1.82, 2.24) is 10.2 Å². The second-order valence-electron chi connectivity index (χ2n) is 5.52. The number of rotatable bonds is 7. The van der Waals surface area contributed by atoms with Gasteiger partial charge in [-0.05, 0) is 32.0 Å². The van der Waals surface area contributed by atoms with Gasteiger partial charge in [0.1, 0.15) is 5.75 Å². The Balaban J connectivity index is 1.75. The number of halogens is 1. The average Bonchev–Trinajstić information content (AvgIpc) is 2.98. The Labute approximate surface area is 127 Å². The van der Waals surface area contributed by atoms with Crippen LogP contribution in [0.2, 0.25) is 5.02 Å². The molecule has 0 saturated heterocycles. The first-order valence-electron chi connectivity index (χ1n) is 7.44. The van der Waals surface area contributed by atoms with Crippen molar-refractivity contribution < 1.29 is 4.74 Å². The Morgan fingerprint density at radius 1 is 1.35 bits per heavy atom. The highest BCUT2D eigenvalue weighted by Gasteiger charge is 2.18. The van der Waals surface area contributed by atoms with Gasteiger partial charge in [0.2, 0.25) is 0 Å². The van der Waals surface area contributed by atoms with Gasteiger partial charge < -0.3 is 15.0 Å². The standard InChI is InChI=1S/C16H25ClN2O/c1-19(13-6-3-4-7-13)11-10-18-12-14-15(17)8-5-9-16(14)20-2/h5,8-9,13,18H,3-4,6-7,10-12H2,1-2H3. The van der Waals surface area contributed by atoms with Gasteiger partial charge in [-0.2, -0.15) is 0 Å². The average molecular weight is 297 g/mol. The quantitative estimate of drug-likeness (QED) is 0.781. The molecular weight excluding hydrogens is 272 g/mol. The molecule has 0 radical (unpaired) electrons. The molecule has 1 saturated carbocycles. The van der Waals surface area contributed by atoms with E-state index in [0.29, 0.717) is 0 Å². The molecular formula is C16H25ClN2O. The number of ether oxygens (including phenoxy) is 1. The van der Waals surface area contributed by atoms with Gasteiger partial charge in [-0.3, -0.25) is 0 Å². The van der Waals surface area contributed by atoms with Crippen LogP contribution < -0.4 is 10.1 Å². The zero-order valence-electron chi connectivity index (χ0n) is 12.5. The maximum atomic E-state index is 6.22. The molecule has 20 heavy (non-hydrogen) atoms. The summed E-state index contributed by atoms with van der Waals surface area (Å²) < 4.78 is 5.35. The molecule has 0 heterocycles. The minimum absolute atomic E-state index is 0.751. The fourth-order valence-corrected chi connectivity index (χ4v) is 3.13. The van der Waals surface area contributed by atoms with Crippen LogP contribution in [0.1, 0.15) is 31.2 Å². The van der Waals surface area contributed by atoms with E-state index in [1.807, 2.05) is 18.2 Å². The number of methoxy groups -OCH3 is 1. The van der Waals surface area contributed by atoms with Crippen molar-refractivity contribution in [3.05, 3.63) is 28.8 Å². The fraction of sp³-hybridized carbons (Fsp3) is 0.625. The third-order valence-electron chi connectivity index (χ3n) is 4.19. The number of hydrogen-bond donors (Lipinski definition) is 1. The molecule has 0 unspecified atom stereocenters. The van der Waals surface area contributed by atoms with Crippen LogP contribution in [0.25, 0.3) is 0 Å². The minimum atomic E-state index is 0.751. The van der Waals surface area contributed by atoms with E-state index in [0.717, 1.165) is 42.0 Å². The summed E-state index contributed by atoms with van der Waals surface area (Å²) in [6, 6.07) is 6.56. The van der Waals surface area contributed by atoms with Crippen LogP contribution in [0.3, 0.4) is 0 Å². The van der Waals surface area contributed by atoms with Gasteiger partial charge in [0, 0.05) is 36.3 Å². The SMILES string of the molecule is COc1cccc(Cl)c1CNCCN(C)C1CCCC1. The summed E-state index contributed by atoms with van der Waals surface area (Å²) in [5.41, 5.74) is 1.04. The van der Waals surface area contributed by atoms with Crippen molar-refractivity contribution in [1.29, 1.82) is 0 Å². The summed E-state index contributed by atoms with van der Waals surface area (Å²) in [7, 11) is 3.91. The smallest absolute Gasteiger partial charge is 0.124 e. The lowest BCUT2D eigenvalue weighted by Crippen LogP contribution is -2.35. The highest BCUT2D eigenvalue weighted by molar-refractivity contribution is 6.31. The maximum Gasteiger partial charge on any atom is 0.124 e. The van der Waals surface area contributed by atoms with E-state index in [1.54, 1.807) is 7.11 Å². The first-order chi connectivity index (χ1) is 9.72. The Hall–Kier alpha value is -0.770. The van der Waals surface area contributed by atoms with Gasteiger partial charge in [0.15, 0.2) is 0 Å². The Bertz CT molecular complexity index is 419. The van der Waals surface area contributed by atoms with Crippen LogP contribution in [-0.4, -0.2) is 38.2 Å². The predicted octanol–water partition coefficient (Wildman–Crippen LogP) is 3.31. The van der Waals surface area contributed by atoms with Crippen LogP contribution in [0, 0.1) is 0 Å². The largest absolute Gasteiger partial charge is 0.496 e. The third kappa shape index (κ3) is 4.11. The minimum Gasteiger partial charge on any atom is -0.496 e. The lowest BCUT2D eigenvalue weighted by Gasteiger charge is -2.24. The second-order valence-corrected chi connectivity index (χ2v) is 5.92. The summed E-state index contributed by atoms with van der Waals surface area (Å²) >= 11 is 6.22. The van der Waals surface area contributed by atoms with E-state index in [9.17, 15) is 0 Å². The summed E-state index contributed by atoms with van der Waals surface area (Å²) in [5, 5.41) is 4.23. The molecule has 0 spiro atoms. The van der Waals surface area contributed by atoms with Gasteiger partial charge >= 0.3 is 0 Å². The molecule has 2 rings (SSSR count). The lowest BCUT2D eigenvalue weighted by atomic mass is 10.2. The van der Waals surface area contributed by atoms with Crippen molar-refractivity contribution in [3.8, 4) is 5.75 Å². The van der Waals surface area contributed by atoms with E-state index in [2.05, 4.69) is 17.3 Å². The maximum absolute atomic E-state index is 6.22.